The van der Waals surface area contributed by atoms with E-state index in [4.69, 9.17) is 4.74 Å². The van der Waals surface area contributed by atoms with Gasteiger partial charge in [0.1, 0.15) is 6.54 Å². The Hall–Kier alpha value is -3.42. The van der Waals surface area contributed by atoms with Crippen molar-refractivity contribution in [3.8, 4) is 0 Å². The Bertz CT molecular complexity index is 1010. The standard InChI is InChI=1S/C16H13N3O5/c20-13(12-6-3-7-17-12)9-24-14(21)8-19-16(23)11-5-2-1-4-10(11)15(22)18-19/h1-7,17H,8-9H2,(H,18,22). The molecule has 0 aliphatic rings. The van der Waals surface area contributed by atoms with Gasteiger partial charge in [0, 0.05) is 6.20 Å². The van der Waals surface area contributed by atoms with Gasteiger partial charge in [-0.2, -0.15) is 0 Å². The van der Waals surface area contributed by atoms with Gasteiger partial charge in [-0.05, 0) is 24.3 Å². The van der Waals surface area contributed by atoms with Crippen molar-refractivity contribution < 1.29 is 14.3 Å². The number of carbonyl (C=O) groups excluding carboxylic acids is 2. The Balaban J connectivity index is 1.74. The van der Waals surface area contributed by atoms with E-state index in [2.05, 4.69) is 10.1 Å². The molecule has 2 N–H and O–H groups in total. The SMILES string of the molecule is O=C(Cn1[nH]c(=O)c2ccccc2c1=O)OCC(=O)c1ccc[nH]1. The summed E-state index contributed by atoms with van der Waals surface area (Å²) < 4.78 is 5.72. The highest BCUT2D eigenvalue weighted by Gasteiger charge is 2.13. The van der Waals surface area contributed by atoms with E-state index in [0.29, 0.717) is 5.69 Å². The molecule has 1 aromatic carbocycles. The second kappa shape index (κ2) is 6.37. The van der Waals surface area contributed by atoms with E-state index >= 15 is 0 Å². The largest absolute Gasteiger partial charge is 0.456 e. The third-order valence-corrected chi connectivity index (χ3v) is 3.43. The molecule has 0 unspecified atom stereocenters. The fourth-order valence-electron chi connectivity index (χ4n) is 2.26. The van der Waals surface area contributed by atoms with Crippen LogP contribution in [0.5, 0.6) is 0 Å². The molecule has 3 aromatic rings. The number of esters is 1. The summed E-state index contributed by atoms with van der Waals surface area (Å²) >= 11 is 0. The topological polar surface area (TPSA) is 114 Å². The fraction of sp³-hybridized carbons (Fsp3) is 0.125. The van der Waals surface area contributed by atoms with E-state index in [1.165, 1.54) is 12.1 Å². The zero-order valence-corrected chi connectivity index (χ0v) is 12.4. The highest BCUT2D eigenvalue weighted by atomic mass is 16.5. The summed E-state index contributed by atoms with van der Waals surface area (Å²) in [6.07, 6.45) is 1.58. The first-order chi connectivity index (χ1) is 11.6. The van der Waals surface area contributed by atoms with Gasteiger partial charge in [-0.1, -0.05) is 12.1 Å². The van der Waals surface area contributed by atoms with Crippen LogP contribution in [-0.4, -0.2) is 33.1 Å². The molecule has 24 heavy (non-hydrogen) atoms. The first-order valence-corrected chi connectivity index (χ1v) is 7.10. The molecule has 2 aromatic heterocycles. The molecule has 0 atom stereocenters. The van der Waals surface area contributed by atoms with Gasteiger partial charge in [-0.15, -0.1) is 0 Å². The molecule has 2 heterocycles. The van der Waals surface area contributed by atoms with E-state index in [9.17, 15) is 19.2 Å². The molecule has 0 amide bonds. The number of H-pyrrole nitrogens is 2. The van der Waals surface area contributed by atoms with Crippen molar-refractivity contribution >= 4 is 22.5 Å². The highest BCUT2D eigenvalue weighted by molar-refractivity contribution is 5.96. The van der Waals surface area contributed by atoms with Gasteiger partial charge in [0.25, 0.3) is 11.1 Å². The van der Waals surface area contributed by atoms with Gasteiger partial charge in [-0.25, -0.2) is 4.68 Å². The molecule has 0 fully saturated rings. The lowest BCUT2D eigenvalue weighted by molar-refractivity contribution is -0.143. The van der Waals surface area contributed by atoms with Crippen LogP contribution in [0.25, 0.3) is 10.8 Å². The van der Waals surface area contributed by atoms with E-state index < -0.39 is 36.0 Å². The molecular weight excluding hydrogens is 314 g/mol. The predicted molar refractivity (Wildman–Crippen MR) is 84.9 cm³/mol. The Morgan fingerprint density at radius 3 is 2.50 bits per heavy atom. The fourth-order valence-corrected chi connectivity index (χ4v) is 2.26. The van der Waals surface area contributed by atoms with Crippen molar-refractivity contribution in [3.05, 3.63) is 69.0 Å². The number of carbonyl (C=O) groups is 2. The number of fused-ring (bicyclic) bond motifs is 1. The van der Waals surface area contributed by atoms with Crippen LogP contribution in [0.3, 0.4) is 0 Å². The van der Waals surface area contributed by atoms with Crippen molar-refractivity contribution in [1.82, 2.24) is 14.8 Å². The summed E-state index contributed by atoms with van der Waals surface area (Å²) in [4.78, 5) is 50.4. The maximum absolute atomic E-state index is 12.3. The first-order valence-electron chi connectivity index (χ1n) is 7.10. The number of ether oxygens (including phenoxy) is 1. The summed E-state index contributed by atoms with van der Waals surface area (Å²) in [7, 11) is 0. The molecule has 0 saturated carbocycles. The van der Waals surface area contributed by atoms with E-state index in [1.54, 1.807) is 30.5 Å². The number of aromatic amines is 2. The number of hydrogen-bond donors (Lipinski definition) is 2. The van der Waals surface area contributed by atoms with Crippen molar-refractivity contribution in [2.24, 2.45) is 0 Å². The lowest BCUT2D eigenvalue weighted by Crippen LogP contribution is -2.33. The number of aromatic nitrogens is 3. The zero-order chi connectivity index (χ0) is 17.1. The Morgan fingerprint density at radius 1 is 1.04 bits per heavy atom. The van der Waals surface area contributed by atoms with Crippen LogP contribution in [0.1, 0.15) is 10.5 Å². The highest BCUT2D eigenvalue weighted by Crippen LogP contribution is 2.02. The van der Waals surface area contributed by atoms with Gasteiger partial charge in [0.15, 0.2) is 6.61 Å². The van der Waals surface area contributed by atoms with Gasteiger partial charge < -0.3 is 9.72 Å². The van der Waals surface area contributed by atoms with Crippen molar-refractivity contribution in [1.29, 1.82) is 0 Å². The molecule has 3 rings (SSSR count). The number of nitrogens with one attached hydrogen (secondary N) is 2. The van der Waals surface area contributed by atoms with Gasteiger partial charge in [0.05, 0.1) is 16.5 Å². The van der Waals surface area contributed by atoms with Crippen molar-refractivity contribution in [2.75, 3.05) is 6.61 Å². The molecule has 8 heteroatoms. The van der Waals surface area contributed by atoms with Crippen LogP contribution >= 0.6 is 0 Å². The molecule has 0 radical (unpaired) electrons. The number of rotatable bonds is 5. The maximum atomic E-state index is 12.3. The second-order valence-corrected chi connectivity index (χ2v) is 5.05. The molecule has 8 nitrogen and oxygen atoms in total. The smallest absolute Gasteiger partial charge is 0.328 e. The molecular formula is C16H13N3O5. The summed E-state index contributed by atoms with van der Waals surface area (Å²) in [6, 6.07) is 9.50. The van der Waals surface area contributed by atoms with E-state index in [1.807, 2.05) is 0 Å². The quantitative estimate of drug-likeness (QED) is 0.521. The average Bonchev–Trinajstić information content (AvgIpc) is 3.12. The maximum Gasteiger partial charge on any atom is 0.328 e. The minimum atomic E-state index is -0.803. The lowest BCUT2D eigenvalue weighted by atomic mass is 10.2. The van der Waals surface area contributed by atoms with Crippen molar-refractivity contribution in [2.45, 2.75) is 6.54 Å². The Morgan fingerprint density at radius 2 is 1.79 bits per heavy atom. The minimum Gasteiger partial charge on any atom is -0.456 e. The Kier molecular flexibility index (Phi) is 4.11. The van der Waals surface area contributed by atoms with E-state index in [-0.39, 0.29) is 10.8 Å². The van der Waals surface area contributed by atoms with Gasteiger partial charge in [-0.3, -0.25) is 24.3 Å². The molecule has 0 saturated heterocycles. The summed E-state index contributed by atoms with van der Waals surface area (Å²) in [5.41, 5.74) is -0.683. The van der Waals surface area contributed by atoms with Crippen LogP contribution in [0.15, 0.2) is 52.2 Å². The summed E-state index contributed by atoms with van der Waals surface area (Å²) in [5, 5.41) is 2.77. The third-order valence-electron chi connectivity index (χ3n) is 3.43. The number of benzene rings is 1. The molecule has 0 aliphatic carbocycles. The van der Waals surface area contributed by atoms with Crippen molar-refractivity contribution in [3.63, 3.8) is 0 Å². The van der Waals surface area contributed by atoms with Gasteiger partial charge >= 0.3 is 5.97 Å². The van der Waals surface area contributed by atoms with Crippen LogP contribution in [-0.2, 0) is 16.1 Å². The predicted octanol–water partition coefficient (Wildman–Crippen LogP) is 0.444. The number of Topliss-reactive ketones (excluding diaryl/α,β-unsaturated/α-hetero) is 1. The third kappa shape index (κ3) is 3.02. The molecule has 0 bridgehead atoms. The minimum absolute atomic E-state index is 0.205. The summed E-state index contributed by atoms with van der Waals surface area (Å²) in [5.74, 6) is -1.20. The average molecular weight is 327 g/mol. The number of hydrogen-bond acceptors (Lipinski definition) is 5. The molecule has 122 valence electrons. The number of nitrogens with zero attached hydrogens (tertiary/aromatic N) is 1. The van der Waals surface area contributed by atoms with Crippen LogP contribution in [0.2, 0.25) is 0 Å². The second-order valence-electron chi connectivity index (χ2n) is 5.05. The Labute approximate surface area is 134 Å². The van der Waals surface area contributed by atoms with E-state index in [0.717, 1.165) is 4.68 Å². The van der Waals surface area contributed by atoms with Crippen LogP contribution in [0.4, 0.5) is 0 Å². The normalized spacial score (nSPS) is 10.7. The zero-order valence-electron chi connectivity index (χ0n) is 12.4. The van der Waals surface area contributed by atoms with Gasteiger partial charge in [0.2, 0.25) is 5.78 Å². The summed E-state index contributed by atoms with van der Waals surface area (Å²) in [6.45, 7) is -0.942. The van der Waals surface area contributed by atoms with Crippen LogP contribution in [0, 0.1) is 0 Å². The molecule has 0 aliphatic heterocycles. The lowest BCUT2D eigenvalue weighted by Gasteiger charge is -2.07. The van der Waals surface area contributed by atoms with Crippen LogP contribution < -0.4 is 11.1 Å². The monoisotopic (exact) mass is 327 g/mol. The first kappa shape index (κ1) is 15.5. The number of ketones is 1. The molecule has 0 spiro atoms.